The number of hydrogen-bond acceptors (Lipinski definition) is 1. The standard InChI is InChI=1S/C2H6O.Zr/c1-2-3;/h3H,2H2,1H3;/i;1-87. The van der Waals surface area contributed by atoms with Gasteiger partial charge in [0.25, 0.3) is 0 Å². The van der Waals surface area contributed by atoms with Gasteiger partial charge in [0, 0.05) is 32.8 Å². The molecule has 4 heavy (non-hydrogen) atoms. The van der Waals surface area contributed by atoms with E-state index >= 15 is 0 Å². The SMILES string of the molecule is CCO.[4Zr]. The van der Waals surface area contributed by atoms with Crippen molar-refractivity contribution < 1.29 is 31.3 Å². The Hall–Kier alpha value is 0.843. The first kappa shape index (κ1) is 8.85. The molecule has 0 aromatic heterocycles. The second-order valence-electron chi connectivity index (χ2n) is 0.316. The summed E-state index contributed by atoms with van der Waals surface area (Å²) < 4.78 is 0. The van der Waals surface area contributed by atoms with Crippen molar-refractivity contribution in [3.63, 3.8) is 0 Å². The van der Waals surface area contributed by atoms with E-state index in [0.29, 0.717) is 0 Å². The normalized spacial score (nSPS) is 4.50. The van der Waals surface area contributed by atoms with Crippen LogP contribution >= 0.6 is 0 Å². The summed E-state index contributed by atoms with van der Waals surface area (Å²) in [6.45, 7) is 1.93. The molecule has 0 bridgehead atoms. The van der Waals surface area contributed by atoms with Gasteiger partial charge in [0.1, 0.15) is 0 Å². The minimum absolute atomic E-state index is 0. The first-order valence-corrected chi connectivity index (χ1v) is 1.02. The van der Waals surface area contributed by atoms with Crippen molar-refractivity contribution in [2.75, 3.05) is 6.61 Å². The van der Waals surface area contributed by atoms with E-state index in [1.807, 2.05) is 0 Å². The van der Waals surface area contributed by atoms with E-state index in [0.717, 1.165) is 0 Å². The van der Waals surface area contributed by atoms with Crippen molar-refractivity contribution in [1.29, 1.82) is 0 Å². The first-order valence-electron chi connectivity index (χ1n) is 1.02. The van der Waals surface area contributed by atoms with Crippen LogP contribution in [0.4, 0.5) is 0 Å². The smallest absolute Gasteiger partial charge is 0.0402 e. The Morgan fingerprint density at radius 3 is 1.75 bits per heavy atom. The van der Waals surface area contributed by atoms with Gasteiger partial charge in [0.05, 0.1) is 0 Å². The van der Waals surface area contributed by atoms with E-state index in [4.69, 9.17) is 5.11 Å². The molecule has 0 saturated carbocycles. The van der Waals surface area contributed by atoms with Gasteiger partial charge in [-0.05, 0) is 6.92 Å². The van der Waals surface area contributed by atoms with Gasteiger partial charge in [-0.15, -0.1) is 0 Å². The Kier molecular flexibility index (Phi) is 20.2. The molecule has 0 fully saturated rings. The Bertz CT molecular complexity index is 6.00. The van der Waals surface area contributed by atoms with Crippen LogP contribution in [0.2, 0.25) is 0 Å². The van der Waals surface area contributed by atoms with Gasteiger partial charge in [-0.3, -0.25) is 0 Å². The molecule has 0 aliphatic carbocycles. The number of aliphatic hydroxyl groups is 1. The van der Waals surface area contributed by atoms with Crippen molar-refractivity contribution in [2.24, 2.45) is 0 Å². The van der Waals surface area contributed by atoms with E-state index in [9.17, 15) is 0 Å². The molecule has 0 aromatic carbocycles. The summed E-state index contributed by atoms with van der Waals surface area (Å²) in [6, 6.07) is 0. The minimum atomic E-state index is 0. The molecule has 0 saturated heterocycles. The third-order valence-electron chi connectivity index (χ3n) is 0. The van der Waals surface area contributed by atoms with Crippen LogP contribution in [-0.2, 0) is 26.2 Å². The Morgan fingerprint density at radius 1 is 1.75 bits per heavy atom. The summed E-state index contributed by atoms with van der Waals surface area (Å²) in [5.41, 5.74) is 0. The molecule has 0 aromatic rings. The maximum atomic E-state index is 7.57. The van der Waals surface area contributed by atoms with Crippen LogP contribution in [0.25, 0.3) is 0 Å². The first-order chi connectivity index (χ1) is 1.41. The summed E-state index contributed by atoms with van der Waals surface area (Å²) in [5.74, 6) is 0. The molecule has 1 nitrogen and oxygen atoms in total. The zero-order chi connectivity index (χ0) is 2.71. The van der Waals surface area contributed by atoms with Crippen molar-refractivity contribution in [3.8, 4) is 0 Å². The maximum absolute atomic E-state index is 7.57. The summed E-state index contributed by atoms with van der Waals surface area (Å²) >= 11 is 0. The molecule has 0 unspecified atom stereocenters. The average Bonchev–Trinajstić information content (AvgIpc) is 0.918. The third-order valence-corrected chi connectivity index (χ3v) is 0. The van der Waals surface area contributed by atoms with Crippen molar-refractivity contribution >= 4 is 0 Å². The molecule has 0 aliphatic heterocycles. The molecule has 24 valence electrons. The molecule has 0 atom stereocenters. The maximum Gasteiger partial charge on any atom is 0.0402 e. The van der Waals surface area contributed by atoms with Gasteiger partial charge in [0.15, 0.2) is 0 Å². The van der Waals surface area contributed by atoms with Crippen molar-refractivity contribution in [1.82, 2.24) is 0 Å². The fourth-order valence-electron chi connectivity index (χ4n) is 0. The van der Waals surface area contributed by atoms with Crippen LogP contribution in [0, 0.1) is 0 Å². The van der Waals surface area contributed by atoms with Gasteiger partial charge in [-0.2, -0.15) is 0 Å². The number of rotatable bonds is 0. The molecule has 0 aliphatic rings. The summed E-state index contributed by atoms with van der Waals surface area (Å²) in [6.07, 6.45) is 0. The van der Waals surface area contributed by atoms with E-state index in [2.05, 4.69) is 0 Å². The summed E-state index contributed by atoms with van der Waals surface area (Å²) in [4.78, 5) is 0. The fourth-order valence-corrected chi connectivity index (χ4v) is 0. The van der Waals surface area contributed by atoms with Gasteiger partial charge in [-0.1, -0.05) is 0 Å². The molecule has 0 radical (unpaired) electrons. The minimum Gasteiger partial charge on any atom is -0.397 e. The third kappa shape index (κ3) is 13.6. The van der Waals surface area contributed by atoms with Crippen molar-refractivity contribution in [3.05, 3.63) is 0 Å². The predicted octanol–water partition coefficient (Wildman–Crippen LogP) is -0.00390. The van der Waals surface area contributed by atoms with Gasteiger partial charge in [0.2, 0.25) is 0 Å². The second-order valence-corrected chi connectivity index (χ2v) is 0.316. The van der Waals surface area contributed by atoms with Gasteiger partial charge < -0.3 is 5.11 Å². The molecular formula is C2H6OZr. The average molecular weight is 50.1 g/mol. The van der Waals surface area contributed by atoms with Crippen molar-refractivity contribution in [2.45, 2.75) is 6.92 Å². The molecule has 1 N–H and O–H groups in total. The van der Waals surface area contributed by atoms with Gasteiger partial charge in [-0.25, -0.2) is 0 Å². The molecule has 0 rings (SSSR count). The Balaban J connectivity index is 0. The Labute approximate surface area is 45.1 Å². The van der Waals surface area contributed by atoms with Crippen LogP contribution in [0.5, 0.6) is 0 Å². The van der Waals surface area contributed by atoms with E-state index < -0.39 is 0 Å². The zero-order valence-corrected chi connectivity index (χ0v) is 5.11. The Morgan fingerprint density at radius 2 is 1.75 bits per heavy atom. The number of hydrogen-bond donors (Lipinski definition) is 1. The molecular weight excluding hydrogens is 44.0 g/mol. The van der Waals surface area contributed by atoms with E-state index in [-0.39, 0.29) is 32.8 Å². The monoisotopic (exact) mass is 50.0 g/mol. The van der Waals surface area contributed by atoms with Crippen LogP contribution in [0.15, 0.2) is 0 Å². The largest absolute Gasteiger partial charge is 0.397 e. The van der Waals surface area contributed by atoms with Crippen LogP contribution in [0.3, 0.4) is 0 Å². The van der Waals surface area contributed by atoms with E-state index in [1.54, 1.807) is 6.92 Å². The molecule has 0 heterocycles. The molecule has 2 heteroatoms. The molecule has 0 amide bonds. The summed E-state index contributed by atoms with van der Waals surface area (Å²) in [5, 5.41) is 7.57. The zero-order valence-electron chi connectivity index (χ0n) is 2.65. The second kappa shape index (κ2) is 9.14. The summed E-state index contributed by atoms with van der Waals surface area (Å²) in [7, 11) is 0. The van der Waals surface area contributed by atoms with Crippen LogP contribution < -0.4 is 0 Å². The predicted molar refractivity (Wildman–Crippen MR) is 12.8 cm³/mol. The topological polar surface area (TPSA) is 20.2 Å². The molecule has 0 spiro atoms. The van der Waals surface area contributed by atoms with E-state index in [1.165, 1.54) is 0 Å². The van der Waals surface area contributed by atoms with Gasteiger partial charge >= 0.3 is 0 Å². The number of aliphatic hydroxyl groups excluding tert-OH is 1. The van der Waals surface area contributed by atoms with Crippen LogP contribution in [-0.4, -0.2) is 11.7 Å². The van der Waals surface area contributed by atoms with Crippen LogP contribution in [0.1, 0.15) is 6.92 Å². The fraction of sp³-hybridized carbons (Fsp3) is 1.00. The quantitative estimate of drug-likeness (QED) is 0.409.